The van der Waals surface area contributed by atoms with Crippen molar-refractivity contribution in [1.29, 1.82) is 0 Å². The molecule has 2 aromatic carbocycles. The molecule has 0 saturated carbocycles. The van der Waals surface area contributed by atoms with E-state index in [0.29, 0.717) is 5.69 Å². The molecule has 0 spiro atoms. The summed E-state index contributed by atoms with van der Waals surface area (Å²) in [6, 6.07) is 17.4. The number of anilines is 1. The van der Waals surface area contributed by atoms with E-state index >= 15 is 0 Å². The van der Waals surface area contributed by atoms with Crippen molar-refractivity contribution in [3.63, 3.8) is 0 Å². The molecule has 2 aromatic heterocycles. The van der Waals surface area contributed by atoms with Crippen LogP contribution >= 0.6 is 0 Å². The summed E-state index contributed by atoms with van der Waals surface area (Å²) in [4.78, 5) is 15.7. The number of nitrogens with zero attached hydrogens (tertiary/aromatic N) is 1. The molecule has 27 heavy (non-hydrogen) atoms. The average molecular weight is 359 g/mol. The summed E-state index contributed by atoms with van der Waals surface area (Å²) in [5.41, 5.74) is 4.55. The molecule has 0 fully saturated rings. The van der Waals surface area contributed by atoms with E-state index < -0.39 is 0 Å². The minimum absolute atomic E-state index is 0.0711. The third-order valence-electron chi connectivity index (χ3n) is 4.61. The number of H-pyrrole nitrogens is 1. The van der Waals surface area contributed by atoms with Crippen LogP contribution < -0.4 is 5.32 Å². The van der Waals surface area contributed by atoms with Gasteiger partial charge in [0.1, 0.15) is 5.69 Å². The third kappa shape index (κ3) is 3.36. The Balaban J connectivity index is 1.54. The SMILES string of the molecule is CC(C)(C)c1ccc(NC(=O)c2cc(-c3c[nH]c4ccccc34)no2)cc1. The predicted molar refractivity (Wildman–Crippen MR) is 107 cm³/mol. The zero-order valence-electron chi connectivity index (χ0n) is 15.5. The van der Waals surface area contributed by atoms with Gasteiger partial charge in [0.15, 0.2) is 0 Å². The lowest BCUT2D eigenvalue weighted by molar-refractivity contribution is 0.0988. The van der Waals surface area contributed by atoms with Crippen molar-refractivity contribution in [2.75, 3.05) is 5.32 Å². The number of amides is 1. The fourth-order valence-corrected chi connectivity index (χ4v) is 3.04. The summed E-state index contributed by atoms with van der Waals surface area (Å²) in [5, 5.41) is 7.95. The molecule has 0 aliphatic carbocycles. The highest BCUT2D eigenvalue weighted by Gasteiger charge is 2.17. The van der Waals surface area contributed by atoms with Gasteiger partial charge in [0.2, 0.25) is 5.76 Å². The Morgan fingerprint density at radius 2 is 1.81 bits per heavy atom. The first-order valence-electron chi connectivity index (χ1n) is 8.87. The first kappa shape index (κ1) is 17.1. The first-order chi connectivity index (χ1) is 12.9. The molecule has 2 N–H and O–H groups in total. The Morgan fingerprint density at radius 1 is 1.07 bits per heavy atom. The van der Waals surface area contributed by atoms with E-state index in [9.17, 15) is 4.79 Å². The van der Waals surface area contributed by atoms with Crippen LogP contribution in [0.1, 0.15) is 36.9 Å². The lowest BCUT2D eigenvalue weighted by Crippen LogP contribution is -2.13. The smallest absolute Gasteiger partial charge is 0.294 e. The third-order valence-corrected chi connectivity index (χ3v) is 4.61. The van der Waals surface area contributed by atoms with E-state index in [4.69, 9.17) is 4.52 Å². The highest BCUT2D eigenvalue weighted by molar-refractivity contribution is 6.03. The summed E-state index contributed by atoms with van der Waals surface area (Å²) in [5.74, 6) is -0.146. The molecule has 0 aliphatic rings. The summed E-state index contributed by atoms with van der Waals surface area (Å²) in [7, 11) is 0. The van der Waals surface area contributed by atoms with Crippen LogP contribution in [-0.2, 0) is 5.41 Å². The zero-order chi connectivity index (χ0) is 19.0. The number of rotatable bonds is 3. The number of aromatic nitrogens is 2. The van der Waals surface area contributed by atoms with Gasteiger partial charge in [0, 0.05) is 34.4 Å². The fourth-order valence-electron chi connectivity index (χ4n) is 3.04. The molecule has 1 amide bonds. The van der Waals surface area contributed by atoms with Gasteiger partial charge in [-0.2, -0.15) is 0 Å². The van der Waals surface area contributed by atoms with Crippen LogP contribution in [0.15, 0.2) is 65.3 Å². The van der Waals surface area contributed by atoms with Gasteiger partial charge in [-0.25, -0.2) is 0 Å². The van der Waals surface area contributed by atoms with E-state index in [1.54, 1.807) is 6.07 Å². The summed E-state index contributed by atoms with van der Waals surface area (Å²) in [6.07, 6.45) is 1.87. The maximum absolute atomic E-state index is 12.5. The zero-order valence-corrected chi connectivity index (χ0v) is 15.5. The van der Waals surface area contributed by atoms with Crippen LogP contribution in [0.25, 0.3) is 22.2 Å². The van der Waals surface area contributed by atoms with E-state index in [0.717, 1.165) is 22.2 Å². The van der Waals surface area contributed by atoms with Gasteiger partial charge in [0.25, 0.3) is 5.91 Å². The quantitative estimate of drug-likeness (QED) is 0.516. The van der Waals surface area contributed by atoms with Crippen LogP contribution in [0.4, 0.5) is 5.69 Å². The van der Waals surface area contributed by atoms with Crippen molar-refractivity contribution in [3.8, 4) is 11.3 Å². The molecule has 0 radical (unpaired) electrons. The van der Waals surface area contributed by atoms with E-state index in [-0.39, 0.29) is 17.1 Å². The highest BCUT2D eigenvalue weighted by Crippen LogP contribution is 2.28. The van der Waals surface area contributed by atoms with Gasteiger partial charge < -0.3 is 14.8 Å². The number of hydrogen-bond acceptors (Lipinski definition) is 3. The van der Waals surface area contributed by atoms with Crippen LogP contribution in [0, 0.1) is 0 Å². The second-order valence-electron chi connectivity index (χ2n) is 7.61. The van der Waals surface area contributed by atoms with Crippen molar-refractivity contribution >= 4 is 22.5 Å². The van der Waals surface area contributed by atoms with Gasteiger partial charge in [0.05, 0.1) is 0 Å². The van der Waals surface area contributed by atoms with E-state index in [2.05, 4.69) is 36.2 Å². The maximum atomic E-state index is 12.5. The Bertz CT molecular complexity index is 1100. The van der Waals surface area contributed by atoms with Crippen molar-refractivity contribution in [2.45, 2.75) is 26.2 Å². The van der Waals surface area contributed by atoms with Crippen molar-refractivity contribution in [3.05, 3.63) is 72.1 Å². The highest BCUT2D eigenvalue weighted by atomic mass is 16.5. The molecule has 0 saturated heterocycles. The van der Waals surface area contributed by atoms with E-state index in [1.165, 1.54) is 5.56 Å². The lowest BCUT2D eigenvalue weighted by Gasteiger charge is -2.19. The summed E-state index contributed by atoms with van der Waals surface area (Å²) >= 11 is 0. The Hall–Kier alpha value is -3.34. The summed E-state index contributed by atoms with van der Waals surface area (Å²) < 4.78 is 5.27. The maximum Gasteiger partial charge on any atom is 0.294 e. The van der Waals surface area contributed by atoms with Crippen molar-refractivity contribution < 1.29 is 9.32 Å². The molecule has 5 heteroatoms. The molecule has 0 aliphatic heterocycles. The van der Waals surface area contributed by atoms with E-state index in [1.807, 2.05) is 54.7 Å². The number of fused-ring (bicyclic) bond motifs is 1. The molecule has 0 bridgehead atoms. The number of aromatic amines is 1. The Morgan fingerprint density at radius 3 is 2.56 bits per heavy atom. The van der Waals surface area contributed by atoms with Crippen LogP contribution in [0.3, 0.4) is 0 Å². The van der Waals surface area contributed by atoms with Gasteiger partial charge in [-0.15, -0.1) is 0 Å². The van der Waals surface area contributed by atoms with Crippen LogP contribution in [0.2, 0.25) is 0 Å². The normalized spacial score (nSPS) is 11.7. The number of benzene rings is 2. The molecule has 2 heterocycles. The van der Waals surface area contributed by atoms with Gasteiger partial charge in [-0.05, 0) is 29.2 Å². The number of para-hydroxylation sites is 1. The molecular formula is C22H21N3O2. The minimum atomic E-state index is -0.322. The number of hydrogen-bond donors (Lipinski definition) is 2. The second kappa shape index (κ2) is 6.43. The number of nitrogens with one attached hydrogen (secondary N) is 2. The minimum Gasteiger partial charge on any atom is -0.360 e. The monoisotopic (exact) mass is 359 g/mol. The van der Waals surface area contributed by atoms with Crippen LogP contribution in [-0.4, -0.2) is 16.0 Å². The predicted octanol–water partition coefficient (Wildman–Crippen LogP) is 5.37. The molecule has 0 unspecified atom stereocenters. The summed E-state index contributed by atoms with van der Waals surface area (Å²) in [6.45, 7) is 6.46. The van der Waals surface area contributed by atoms with Gasteiger partial charge in [-0.1, -0.05) is 56.3 Å². The number of carbonyl (C=O) groups is 1. The van der Waals surface area contributed by atoms with Crippen molar-refractivity contribution in [1.82, 2.24) is 10.1 Å². The molecule has 5 nitrogen and oxygen atoms in total. The van der Waals surface area contributed by atoms with Crippen molar-refractivity contribution in [2.24, 2.45) is 0 Å². The lowest BCUT2D eigenvalue weighted by atomic mass is 9.87. The van der Waals surface area contributed by atoms with Crippen LogP contribution in [0.5, 0.6) is 0 Å². The van der Waals surface area contributed by atoms with Gasteiger partial charge >= 0.3 is 0 Å². The Labute approximate surface area is 157 Å². The average Bonchev–Trinajstić information content (AvgIpc) is 3.28. The standard InChI is InChI=1S/C22H21N3O2/c1-22(2,3)14-8-10-15(11-9-14)24-21(26)20-12-19(25-27-20)17-13-23-18-7-5-4-6-16(17)18/h4-13,23H,1-3H3,(H,24,26). The first-order valence-corrected chi connectivity index (χ1v) is 8.87. The number of carbonyl (C=O) groups excluding carboxylic acids is 1. The molecule has 4 aromatic rings. The topological polar surface area (TPSA) is 70.9 Å². The largest absolute Gasteiger partial charge is 0.360 e. The molecule has 136 valence electrons. The van der Waals surface area contributed by atoms with Gasteiger partial charge in [-0.3, -0.25) is 4.79 Å². The fraction of sp³-hybridized carbons (Fsp3) is 0.182. The Kier molecular flexibility index (Phi) is 4.07. The molecular weight excluding hydrogens is 338 g/mol. The second-order valence-corrected chi connectivity index (χ2v) is 7.61. The molecule has 0 atom stereocenters. The molecule has 4 rings (SSSR count).